The molecule has 1 saturated carbocycles. The van der Waals surface area contributed by atoms with E-state index < -0.39 is 0 Å². The summed E-state index contributed by atoms with van der Waals surface area (Å²) in [6.07, 6.45) is 3.45. The van der Waals surface area contributed by atoms with Crippen LogP contribution in [0.1, 0.15) is 37.9 Å². The Morgan fingerprint density at radius 3 is 2.69 bits per heavy atom. The summed E-state index contributed by atoms with van der Waals surface area (Å²) in [6.45, 7) is 2.97. The van der Waals surface area contributed by atoms with Gasteiger partial charge in [0, 0.05) is 12.6 Å². The number of nitrogens with one attached hydrogen (secondary N) is 1. The number of aliphatic hydroxyl groups excluding tert-OH is 1. The van der Waals surface area contributed by atoms with Crippen LogP contribution in [0.4, 0.5) is 0 Å². The largest absolute Gasteiger partial charge is 0.387 e. The zero-order valence-corrected chi connectivity index (χ0v) is 9.89. The molecule has 1 aliphatic carbocycles. The predicted octanol–water partition coefficient (Wildman–Crippen LogP) is 2.50. The van der Waals surface area contributed by atoms with Gasteiger partial charge in [0.05, 0.1) is 6.10 Å². The summed E-state index contributed by atoms with van der Waals surface area (Å²) in [6, 6.07) is 10.5. The predicted molar refractivity (Wildman–Crippen MR) is 66.2 cm³/mol. The maximum Gasteiger partial charge on any atom is 0.0914 e. The molecule has 1 aromatic carbocycles. The van der Waals surface area contributed by atoms with Crippen LogP contribution in [0.2, 0.25) is 0 Å². The Morgan fingerprint density at radius 2 is 2.06 bits per heavy atom. The minimum absolute atomic E-state index is 0.378. The molecule has 0 aromatic heterocycles. The minimum Gasteiger partial charge on any atom is -0.387 e. The van der Waals surface area contributed by atoms with Gasteiger partial charge in [-0.3, -0.25) is 0 Å². The number of rotatable bonds is 4. The summed E-state index contributed by atoms with van der Waals surface area (Å²) in [5.41, 5.74) is 1.00. The van der Waals surface area contributed by atoms with Crippen molar-refractivity contribution in [2.24, 2.45) is 5.92 Å². The molecular formula is C14H21NO. The van der Waals surface area contributed by atoms with Gasteiger partial charge in [0.2, 0.25) is 0 Å². The minimum atomic E-state index is -0.378. The van der Waals surface area contributed by atoms with E-state index in [9.17, 15) is 5.11 Å². The second-order valence-electron chi connectivity index (χ2n) is 4.95. The van der Waals surface area contributed by atoms with Crippen molar-refractivity contribution in [3.63, 3.8) is 0 Å². The quantitative estimate of drug-likeness (QED) is 0.815. The maximum atomic E-state index is 9.98. The Balaban J connectivity index is 1.78. The van der Waals surface area contributed by atoms with Crippen LogP contribution in [0.3, 0.4) is 0 Å². The molecule has 3 atom stereocenters. The van der Waals surface area contributed by atoms with Gasteiger partial charge in [-0.05, 0) is 30.7 Å². The van der Waals surface area contributed by atoms with Crippen molar-refractivity contribution >= 4 is 0 Å². The highest BCUT2D eigenvalue weighted by Crippen LogP contribution is 2.25. The fourth-order valence-corrected chi connectivity index (χ4v) is 2.46. The molecule has 2 N–H and O–H groups in total. The third-order valence-electron chi connectivity index (χ3n) is 3.48. The van der Waals surface area contributed by atoms with Crippen LogP contribution in [-0.4, -0.2) is 17.7 Å². The number of benzene rings is 1. The normalized spacial score (nSPS) is 26.9. The first kappa shape index (κ1) is 11.6. The van der Waals surface area contributed by atoms with Crippen LogP contribution in [0, 0.1) is 5.92 Å². The third kappa shape index (κ3) is 3.06. The van der Waals surface area contributed by atoms with Crippen LogP contribution in [-0.2, 0) is 0 Å². The van der Waals surface area contributed by atoms with E-state index in [0.717, 1.165) is 11.5 Å². The number of hydrogen-bond donors (Lipinski definition) is 2. The second kappa shape index (κ2) is 5.46. The summed E-state index contributed by atoms with van der Waals surface area (Å²) in [7, 11) is 0. The standard InChI is InChI=1S/C14H21NO/c1-11-7-8-13(9-11)15-10-14(16)12-5-3-2-4-6-12/h2-6,11,13-16H,7-10H2,1H3. The Hall–Kier alpha value is -0.860. The molecular weight excluding hydrogens is 198 g/mol. The fraction of sp³-hybridized carbons (Fsp3) is 0.571. The summed E-state index contributed by atoms with van der Waals surface area (Å²) in [4.78, 5) is 0. The molecule has 88 valence electrons. The summed E-state index contributed by atoms with van der Waals surface area (Å²) < 4.78 is 0. The highest BCUT2D eigenvalue weighted by Gasteiger charge is 2.21. The summed E-state index contributed by atoms with van der Waals surface area (Å²) in [5.74, 6) is 0.839. The van der Waals surface area contributed by atoms with Crippen LogP contribution in [0.25, 0.3) is 0 Å². The van der Waals surface area contributed by atoms with Gasteiger partial charge in [0.1, 0.15) is 0 Å². The lowest BCUT2D eigenvalue weighted by atomic mass is 10.1. The average Bonchev–Trinajstić information content (AvgIpc) is 2.73. The molecule has 2 heteroatoms. The summed E-state index contributed by atoms with van der Waals surface area (Å²) in [5, 5.41) is 13.4. The van der Waals surface area contributed by atoms with Crippen LogP contribution >= 0.6 is 0 Å². The third-order valence-corrected chi connectivity index (χ3v) is 3.48. The van der Waals surface area contributed by atoms with E-state index in [-0.39, 0.29) is 6.10 Å². The average molecular weight is 219 g/mol. The van der Waals surface area contributed by atoms with Gasteiger partial charge in [-0.1, -0.05) is 37.3 Å². The Morgan fingerprint density at radius 1 is 1.31 bits per heavy atom. The number of aliphatic hydroxyl groups is 1. The molecule has 0 saturated heterocycles. The molecule has 0 radical (unpaired) electrons. The Kier molecular flexibility index (Phi) is 3.97. The molecule has 0 spiro atoms. The first-order valence-corrected chi connectivity index (χ1v) is 6.22. The van der Waals surface area contributed by atoms with Crippen molar-refractivity contribution in [3.8, 4) is 0 Å². The SMILES string of the molecule is CC1CCC(NCC(O)c2ccccc2)C1. The lowest BCUT2D eigenvalue weighted by molar-refractivity contribution is 0.169. The molecule has 2 nitrogen and oxygen atoms in total. The van der Waals surface area contributed by atoms with E-state index in [4.69, 9.17) is 0 Å². The van der Waals surface area contributed by atoms with E-state index in [1.54, 1.807) is 0 Å². The van der Waals surface area contributed by atoms with E-state index in [1.165, 1.54) is 19.3 Å². The van der Waals surface area contributed by atoms with Gasteiger partial charge in [-0.25, -0.2) is 0 Å². The molecule has 2 rings (SSSR count). The van der Waals surface area contributed by atoms with Crippen molar-refractivity contribution in [3.05, 3.63) is 35.9 Å². The van der Waals surface area contributed by atoms with Crippen LogP contribution < -0.4 is 5.32 Å². The van der Waals surface area contributed by atoms with Crippen molar-refractivity contribution in [1.29, 1.82) is 0 Å². The van der Waals surface area contributed by atoms with Crippen molar-refractivity contribution in [2.75, 3.05) is 6.54 Å². The van der Waals surface area contributed by atoms with Crippen LogP contribution in [0.15, 0.2) is 30.3 Å². The molecule has 16 heavy (non-hydrogen) atoms. The molecule has 0 heterocycles. The molecule has 0 amide bonds. The molecule has 1 fully saturated rings. The van der Waals surface area contributed by atoms with Gasteiger partial charge < -0.3 is 10.4 Å². The van der Waals surface area contributed by atoms with Crippen LogP contribution in [0.5, 0.6) is 0 Å². The second-order valence-corrected chi connectivity index (χ2v) is 4.95. The topological polar surface area (TPSA) is 32.3 Å². The Labute approximate surface area is 97.7 Å². The monoisotopic (exact) mass is 219 g/mol. The fourth-order valence-electron chi connectivity index (χ4n) is 2.46. The molecule has 1 aromatic rings. The van der Waals surface area contributed by atoms with Crippen molar-refractivity contribution < 1.29 is 5.11 Å². The smallest absolute Gasteiger partial charge is 0.0914 e. The molecule has 1 aliphatic rings. The molecule has 3 unspecified atom stereocenters. The maximum absolute atomic E-state index is 9.98. The summed E-state index contributed by atoms with van der Waals surface area (Å²) >= 11 is 0. The lowest BCUT2D eigenvalue weighted by Gasteiger charge is -2.16. The van der Waals surface area contributed by atoms with E-state index in [2.05, 4.69) is 12.2 Å². The lowest BCUT2D eigenvalue weighted by Crippen LogP contribution is -2.30. The highest BCUT2D eigenvalue weighted by atomic mass is 16.3. The van der Waals surface area contributed by atoms with Crippen molar-refractivity contribution in [1.82, 2.24) is 5.32 Å². The zero-order chi connectivity index (χ0) is 11.4. The highest BCUT2D eigenvalue weighted by molar-refractivity contribution is 5.17. The zero-order valence-electron chi connectivity index (χ0n) is 9.89. The number of hydrogen-bond acceptors (Lipinski definition) is 2. The van der Waals surface area contributed by atoms with E-state index >= 15 is 0 Å². The van der Waals surface area contributed by atoms with E-state index in [0.29, 0.717) is 12.6 Å². The Bertz CT molecular complexity index is 312. The van der Waals surface area contributed by atoms with Gasteiger partial charge in [0.15, 0.2) is 0 Å². The van der Waals surface area contributed by atoms with E-state index in [1.807, 2.05) is 30.3 Å². The van der Waals surface area contributed by atoms with Gasteiger partial charge >= 0.3 is 0 Å². The molecule has 0 aliphatic heterocycles. The van der Waals surface area contributed by atoms with Gasteiger partial charge in [-0.15, -0.1) is 0 Å². The molecule has 0 bridgehead atoms. The van der Waals surface area contributed by atoms with Crippen molar-refractivity contribution in [2.45, 2.75) is 38.3 Å². The first-order valence-electron chi connectivity index (χ1n) is 6.22. The first-order chi connectivity index (χ1) is 7.75. The van der Waals surface area contributed by atoms with Gasteiger partial charge in [-0.2, -0.15) is 0 Å². The van der Waals surface area contributed by atoms with Gasteiger partial charge in [0.25, 0.3) is 0 Å².